The second-order valence-electron chi connectivity index (χ2n) is 8.49. The highest BCUT2D eigenvalue weighted by atomic mass is 16.4. The van der Waals surface area contributed by atoms with E-state index in [1.807, 2.05) is 24.3 Å². The molecule has 1 amide bonds. The number of carbonyl (C=O) groups excluding carboxylic acids is 2. The Labute approximate surface area is 162 Å². The molecule has 0 saturated carbocycles. The molecule has 0 fully saturated rings. The topological polar surface area (TPSA) is 89.4 Å². The van der Waals surface area contributed by atoms with Crippen LogP contribution in [0.25, 0.3) is 11.3 Å². The summed E-state index contributed by atoms with van der Waals surface area (Å²) >= 11 is 0. The van der Waals surface area contributed by atoms with Crippen molar-refractivity contribution in [1.29, 1.82) is 0 Å². The molecule has 5 rings (SSSR count). The Morgan fingerprint density at radius 1 is 1.29 bits per heavy atom. The maximum Gasteiger partial charge on any atom is 0.292 e. The van der Waals surface area contributed by atoms with Crippen LogP contribution in [0.4, 0.5) is 6.01 Å². The first kappa shape index (κ1) is 17.0. The van der Waals surface area contributed by atoms with E-state index in [0.29, 0.717) is 36.4 Å². The van der Waals surface area contributed by atoms with Gasteiger partial charge >= 0.3 is 0 Å². The number of hydrogen-bond donors (Lipinski definition) is 1. The Balaban J connectivity index is 1.89. The zero-order chi connectivity index (χ0) is 19.8. The van der Waals surface area contributed by atoms with Crippen molar-refractivity contribution in [2.24, 2.45) is 5.41 Å². The van der Waals surface area contributed by atoms with Gasteiger partial charge in [0.15, 0.2) is 17.0 Å². The standard InChI is InChI=1S/C22H21N3O3/c1-4-9-25-14-10-21(2,3)11-15(26)16(14)22(19(25)27)13-8-6-5-7-12(13)17-18(22)24-20(23)28-17/h4-8H,1,9-11H2,2-3H3,(H2,23,24)/t22-/m0/s1. The third-order valence-electron chi connectivity index (χ3n) is 6.01. The van der Waals surface area contributed by atoms with Crippen LogP contribution >= 0.6 is 0 Å². The number of carbonyl (C=O) groups is 2. The Morgan fingerprint density at radius 2 is 2.04 bits per heavy atom. The number of ketones is 1. The highest BCUT2D eigenvalue weighted by Crippen LogP contribution is 2.60. The van der Waals surface area contributed by atoms with Crippen molar-refractivity contribution < 1.29 is 14.0 Å². The van der Waals surface area contributed by atoms with Gasteiger partial charge in [-0.1, -0.05) is 44.2 Å². The summed E-state index contributed by atoms with van der Waals surface area (Å²) in [6, 6.07) is 7.52. The number of hydrogen-bond acceptors (Lipinski definition) is 5. The molecule has 1 aliphatic heterocycles. The first-order valence-corrected chi connectivity index (χ1v) is 9.37. The molecular formula is C22H21N3O3. The predicted molar refractivity (Wildman–Crippen MR) is 104 cm³/mol. The number of anilines is 1. The largest absolute Gasteiger partial charge is 0.423 e. The number of benzene rings is 1. The zero-order valence-electron chi connectivity index (χ0n) is 15.9. The normalized spacial score (nSPS) is 24.6. The molecule has 142 valence electrons. The molecule has 0 radical (unpaired) electrons. The molecular weight excluding hydrogens is 354 g/mol. The molecule has 28 heavy (non-hydrogen) atoms. The first-order chi connectivity index (χ1) is 13.3. The van der Waals surface area contributed by atoms with Crippen molar-refractivity contribution in [3.8, 4) is 11.3 Å². The van der Waals surface area contributed by atoms with Crippen LogP contribution in [0.1, 0.15) is 37.9 Å². The van der Waals surface area contributed by atoms with Crippen LogP contribution in [0.3, 0.4) is 0 Å². The third-order valence-corrected chi connectivity index (χ3v) is 6.01. The Kier molecular flexibility index (Phi) is 3.17. The minimum absolute atomic E-state index is 0.000382. The van der Waals surface area contributed by atoms with Gasteiger partial charge in [-0.15, -0.1) is 6.58 Å². The van der Waals surface area contributed by atoms with E-state index in [1.54, 1.807) is 11.0 Å². The monoisotopic (exact) mass is 375 g/mol. The van der Waals surface area contributed by atoms with E-state index in [1.165, 1.54) is 0 Å². The van der Waals surface area contributed by atoms with Gasteiger partial charge in [-0.3, -0.25) is 9.59 Å². The van der Waals surface area contributed by atoms with E-state index >= 15 is 0 Å². The summed E-state index contributed by atoms with van der Waals surface area (Å²) in [6.07, 6.45) is 2.71. The molecule has 6 nitrogen and oxygen atoms in total. The first-order valence-electron chi connectivity index (χ1n) is 9.37. The van der Waals surface area contributed by atoms with Gasteiger partial charge in [-0.25, -0.2) is 0 Å². The lowest BCUT2D eigenvalue weighted by atomic mass is 9.67. The summed E-state index contributed by atoms with van der Waals surface area (Å²) in [6.45, 7) is 8.25. The average molecular weight is 375 g/mol. The van der Waals surface area contributed by atoms with E-state index in [-0.39, 0.29) is 23.1 Å². The van der Waals surface area contributed by atoms with Crippen LogP contribution in [0.15, 0.2) is 52.6 Å². The Hall–Kier alpha value is -3.15. The van der Waals surface area contributed by atoms with Crippen molar-refractivity contribution in [1.82, 2.24) is 9.88 Å². The summed E-state index contributed by atoms with van der Waals surface area (Å²) in [5.41, 5.74) is 7.61. The maximum absolute atomic E-state index is 13.9. The number of fused-ring (bicyclic) bond motifs is 6. The highest BCUT2D eigenvalue weighted by Gasteiger charge is 2.64. The lowest BCUT2D eigenvalue weighted by Crippen LogP contribution is -2.42. The zero-order valence-corrected chi connectivity index (χ0v) is 15.9. The molecule has 6 heteroatoms. The molecule has 2 heterocycles. The number of nitrogen functional groups attached to an aromatic ring is 1. The fourth-order valence-electron chi connectivity index (χ4n) is 5.08. The number of nitrogens with zero attached hydrogens (tertiary/aromatic N) is 2. The minimum atomic E-state index is -1.28. The maximum atomic E-state index is 13.9. The smallest absolute Gasteiger partial charge is 0.292 e. The van der Waals surface area contributed by atoms with Gasteiger partial charge in [0.1, 0.15) is 5.69 Å². The van der Waals surface area contributed by atoms with Gasteiger partial charge < -0.3 is 15.1 Å². The van der Waals surface area contributed by atoms with Crippen LogP contribution in [0, 0.1) is 5.41 Å². The van der Waals surface area contributed by atoms with Gasteiger partial charge in [0.05, 0.1) is 0 Å². The number of Topliss-reactive ketones (excluding diaryl/α,β-unsaturated/α-hetero) is 1. The summed E-state index contributed by atoms with van der Waals surface area (Å²) in [5.74, 6) is 0.282. The summed E-state index contributed by atoms with van der Waals surface area (Å²) in [7, 11) is 0. The molecule has 1 aromatic heterocycles. The van der Waals surface area contributed by atoms with Crippen molar-refractivity contribution in [2.75, 3.05) is 12.3 Å². The lowest BCUT2D eigenvalue weighted by molar-refractivity contribution is -0.131. The van der Waals surface area contributed by atoms with E-state index in [2.05, 4.69) is 25.4 Å². The number of aromatic nitrogens is 1. The van der Waals surface area contributed by atoms with E-state index in [9.17, 15) is 9.59 Å². The molecule has 1 aromatic carbocycles. The van der Waals surface area contributed by atoms with Crippen molar-refractivity contribution in [3.05, 3.63) is 59.4 Å². The molecule has 0 saturated heterocycles. The van der Waals surface area contributed by atoms with Crippen molar-refractivity contribution in [3.63, 3.8) is 0 Å². The highest BCUT2D eigenvalue weighted by molar-refractivity contribution is 6.16. The quantitative estimate of drug-likeness (QED) is 0.814. The van der Waals surface area contributed by atoms with Crippen LogP contribution in [-0.4, -0.2) is 28.1 Å². The fourth-order valence-corrected chi connectivity index (χ4v) is 5.08. The molecule has 0 bridgehead atoms. The summed E-state index contributed by atoms with van der Waals surface area (Å²) in [5, 5.41) is 0. The predicted octanol–water partition coefficient (Wildman–Crippen LogP) is 3.19. The SMILES string of the molecule is C=CCN1C(=O)[C@]2(C3=C1CC(C)(C)CC3=O)c1ccccc1-c1oc(N)nc12. The molecule has 2 aliphatic carbocycles. The lowest BCUT2D eigenvalue weighted by Gasteiger charge is -2.33. The van der Waals surface area contributed by atoms with Crippen LogP contribution in [0.2, 0.25) is 0 Å². The number of allylic oxidation sites excluding steroid dienone is 1. The number of nitrogens with two attached hydrogens (primary N) is 1. The van der Waals surface area contributed by atoms with E-state index < -0.39 is 5.41 Å². The molecule has 2 N–H and O–H groups in total. The van der Waals surface area contributed by atoms with Crippen LogP contribution < -0.4 is 5.73 Å². The molecule has 0 unspecified atom stereocenters. The number of rotatable bonds is 2. The van der Waals surface area contributed by atoms with Gasteiger partial charge in [0.25, 0.3) is 6.01 Å². The Morgan fingerprint density at radius 3 is 2.79 bits per heavy atom. The third kappa shape index (κ3) is 1.85. The summed E-state index contributed by atoms with van der Waals surface area (Å²) < 4.78 is 5.68. The van der Waals surface area contributed by atoms with Gasteiger partial charge in [0, 0.05) is 29.8 Å². The van der Waals surface area contributed by atoms with Crippen LogP contribution in [-0.2, 0) is 15.0 Å². The molecule has 1 spiro atoms. The van der Waals surface area contributed by atoms with E-state index in [0.717, 1.165) is 16.8 Å². The fraction of sp³-hybridized carbons (Fsp3) is 0.318. The minimum Gasteiger partial charge on any atom is -0.423 e. The van der Waals surface area contributed by atoms with Gasteiger partial charge in [0.2, 0.25) is 5.91 Å². The molecule has 2 aromatic rings. The second kappa shape index (κ2) is 5.22. The number of oxazole rings is 1. The molecule has 3 aliphatic rings. The van der Waals surface area contributed by atoms with Crippen molar-refractivity contribution >= 4 is 17.7 Å². The van der Waals surface area contributed by atoms with Crippen molar-refractivity contribution in [2.45, 2.75) is 32.1 Å². The Bertz CT molecular complexity index is 1110. The van der Waals surface area contributed by atoms with Gasteiger partial charge in [-0.05, 0) is 17.4 Å². The summed E-state index contributed by atoms with van der Waals surface area (Å²) in [4.78, 5) is 33.5. The molecule has 1 atom stereocenters. The average Bonchev–Trinajstić information content (AvgIpc) is 3.20. The second-order valence-corrected chi connectivity index (χ2v) is 8.49. The van der Waals surface area contributed by atoms with Gasteiger partial charge in [-0.2, -0.15) is 4.98 Å². The van der Waals surface area contributed by atoms with E-state index in [4.69, 9.17) is 10.2 Å². The number of amides is 1. The van der Waals surface area contributed by atoms with Crippen LogP contribution in [0.5, 0.6) is 0 Å².